The number of halogens is 1. The maximum atomic E-state index is 11.3. The minimum Gasteiger partial charge on any atom is -0.481 e. The standard InChI is InChI=1S/C15H14BrNO2S/c16-12-5-6-20-14(12)9-17-8-11(15(18)19)7-10-3-1-2-4-13(10)17/h1-6,11H,7-9H2,(H,18,19). The molecule has 0 amide bonds. The SMILES string of the molecule is O=C(O)C1Cc2ccccc2N(Cc2sccc2Br)C1. The fraction of sp³-hybridized carbons (Fsp3) is 0.267. The summed E-state index contributed by atoms with van der Waals surface area (Å²) in [6.45, 7) is 1.32. The highest BCUT2D eigenvalue weighted by Crippen LogP contribution is 2.33. The lowest BCUT2D eigenvalue weighted by molar-refractivity contribution is -0.141. The molecule has 1 atom stereocenters. The Hall–Kier alpha value is -1.33. The molecule has 3 nitrogen and oxygen atoms in total. The summed E-state index contributed by atoms with van der Waals surface area (Å²) < 4.78 is 1.09. The van der Waals surface area contributed by atoms with Crippen LogP contribution < -0.4 is 4.90 Å². The van der Waals surface area contributed by atoms with Crippen molar-refractivity contribution in [3.63, 3.8) is 0 Å². The summed E-state index contributed by atoms with van der Waals surface area (Å²) in [7, 11) is 0. The minimum atomic E-state index is -0.713. The number of fused-ring (bicyclic) bond motifs is 1. The molecular formula is C15H14BrNO2S. The van der Waals surface area contributed by atoms with Gasteiger partial charge in [0, 0.05) is 21.6 Å². The van der Waals surface area contributed by atoms with E-state index >= 15 is 0 Å². The zero-order valence-corrected chi connectivity index (χ0v) is 13.2. The summed E-state index contributed by atoms with van der Waals surface area (Å²) in [4.78, 5) is 14.7. The Labute approximate surface area is 130 Å². The summed E-state index contributed by atoms with van der Waals surface area (Å²) >= 11 is 5.24. The van der Waals surface area contributed by atoms with Crippen molar-refractivity contribution in [2.75, 3.05) is 11.4 Å². The van der Waals surface area contributed by atoms with Gasteiger partial charge in [-0.2, -0.15) is 0 Å². The Kier molecular flexibility index (Phi) is 3.81. The highest BCUT2D eigenvalue weighted by Gasteiger charge is 2.29. The lowest BCUT2D eigenvalue weighted by Crippen LogP contribution is -2.38. The number of thiophene rings is 1. The van der Waals surface area contributed by atoms with Crippen molar-refractivity contribution in [1.82, 2.24) is 0 Å². The van der Waals surface area contributed by atoms with E-state index in [0.717, 1.165) is 22.3 Å². The molecule has 0 fully saturated rings. The lowest BCUT2D eigenvalue weighted by atomic mass is 9.92. The number of para-hydroxylation sites is 1. The molecule has 1 aromatic heterocycles. The minimum absolute atomic E-state index is 0.330. The van der Waals surface area contributed by atoms with Crippen molar-refractivity contribution in [2.45, 2.75) is 13.0 Å². The molecule has 3 rings (SSSR count). The van der Waals surface area contributed by atoms with Crippen LogP contribution in [0.1, 0.15) is 10.4 Å². The Morgan fingerprint density at radius 1 is 1.40 bits per heavy atom. The zero-order valence-electron chi connectivity index (χ0n) is 10.8. The third kappa shape index (κ3) is 2.60. The molecule has 2 aromatic rings. The first-order chi connectivity index (χ1) is 9.65. The van der Waals surface area contributed by atoms with Crippen LogP contribution in [0.15, 0.2) is 40.2 Å². The van der Waals surface area contributed by atoms with Crippen LogP contribution in [0.2, 0.25) is 0 Å². The maximum Gasteiger partial charge on any atom is 0.308 e. The molecule has 0 saturated heterocycles. The second-order valence-electron chi connectivity index (χ2n) is 4.94. The second-order valence-corrected chi connectivity index (χ2v) is 6.80. The van der Waals surface area contributed by atoms with Crippen molar-refractivity contribution in [2.24, 2.45) is 5.92 Å². The van der Waals surface area contributed by atoms with Gasteiger partial charge in [0.15, 0.2) is 0 Å². The van der Waals surface area contributed by atoms with Crippen LogP contribution in [0.25, 0.3) is 0 Å². The first kappa shape index (κ1) is 13.6. The summed E-state index contributed by atoms with van der Waals surface area (Å²) in [5.41, 5.74) is 2.28. The van der Waals surface area contributed by atoms with Crippen LogP contribution in [-0.4, -0.2) is 17.6 Å². The molecule has 1 unspecified atom stereocenters. The highest BCUT2D eigenvalue weighted by atomic mass is 79.9. The van der Waals surface area contributed by atoms with Crippen molar-refractivity contribution in [3.05, 3.63) is 50.6 Å². The van der Waals surface area contributed by atoms with Gasteiger partial charge < -0.3 is 10.0 Å². The van der Waals surface area contributed by atoms with E-state index in [2.05, 4.69) is 26.9 Å². The van der Waals surface area contributed by atoms with Gasteiger partial charge in [-0.1, -0.05) is 18.2 Å². The predicted octanol–water partition coefficient (Wildman–Crippen LogP) is 3.77. The van der Waals surface area contributed by atoms with Gasteiger partial charge in [0.2, 0.25) is 0 Å². The van der Waals surface area contributed by atoms with Crippen molar-refractivity contribution < 1.29 is 9.90 Å². The van der Waals surface area contributed by atoms with Crippen molar-refractivity contribution in [1.29, 1.82) is 0 Å². The van der Waals surface area contributed by atoms with Gasteiger partial charge in [-0.05, 0) is 45.4 Å². The number of hydrogen-bond acceptors (Lipinski definition) is 3. The van der Waals surface area contributed by atoms with Crippen molar-refractivity contribution in [3.8, 4) is 0 Å². The molecule has 1 aliphatic heterocycles. The highest BCUT2D eigenvalue weighted by molar-refractivity contribution is 9.10. The molecule has 1 aromatic carbocycles. The third-order valence-corrected chi connectivity index (χ3v) is 5.53. The van der Waals surface area contributed by atoms with Gasteiger partial charge in [-0.25, -0.2) is 0 Å². The molecule has 1 N–H and O–H groups in total. The molecule has 2 heterocycles. The number of hydrogen-bond donors (Lipinski definition) is 1. The zero-order chi connectivity index (χ0) is 14.1. The predicted molar refractivity (Wildman–Crippen MR) is 84.3 cm³/mol. The van der Waals surface area contributed by atoms with E-state index in [9.17, 15) is 9.90 Å². The molecule has 1 aliphatic rings. The number of anilines is 1. The molecule has 0 spiro atoms. The first-order valence-corrected chi connectivity index (χ1v) is 8.10. The number of carboxylic acids is 1. The number of benzene rings is 1. The largest absolute Gasteiger partial charge is 0.481 e. The number of aliphatic carboxylic acids is 1. The normalized spacial score (nSPS) is 17.9. The van der Waals surface area contributed by atoms with Crippen LogP contribution >= 0.6 is 27.3 Å². The van der Waals surface area contributed by atoms with Gasteiger partial charge in [-0.15, -0.1) is 11.3 Å². The van der Waals surface area contributed by atoms with E-state index in [1.807, 2.05) is 29.6 Å². The second kappa shape index (κ2) is 5.58. The molecule has 0 aliphatic carbocycles. The number of carbonyl (C=O) groups is 1. The van der Waals surface area contributed by atoms with E-state index < -0.39 is 5.97 Å². The van der Waals surface area contributed by atoms with E-state index in [4.69, 9.17) is 0 Å². The Morgan fingerprint density at radius 3 is 2.90 bits per heavy atom. The number of carboxylic acid groups (broad SMARTS) is 1. The Balaban J connectivity index is 1.92. The molecule has 0 radical (unpaired) electrons. The summed E-state index contributed by atoms with van der Waals surface area (Å²) in [6, 6.07) is 10.1. The number of rotatable bonds is 3. The molecule has 104 valence electrons. The molecule has 20 heavy (non-hydrogen) atoms. The number of nitrogens with zero attached hydrogens (tertiary/aromatic N) is 1. The fourth-order valence-corrected chi connectivity index (χ4v) is 4.10. The Bertz CT molecular complexity index is 640. The van der Waals surface area contributed by atoms with E-state index in [1.54, 1.807) is 11.3 Å². The van der Waals surface area contributed by atoms with Gasteiger partial charge in [0.05, 0.1) is 12.5 Å². The maximum absolute atomic E-state index is 11.3. The summed E-state index contributed by atoms with van der Waals surface area (Å²) in [5.74, 6) is -1.04. The summed E-state index contributed by atoms with van der Waals surface area (Å²) in [6.07, 6.45) is 0.619. The van der Waals surface area contributed by atoms with Gasteiger partial charge in [-0.3, -0.25) is 4.79 Å². The molecule has 0 bridgehead atoms. The average Bonchev–Trinajstić information content (AvgIpc) is 2.84. The van der Waals surface area contributed by atoms with Crippen LogP contribution in [0.5, 0.6) is 0 Å². The van der Waals surface area contributed by atoms with E-state index in [0.29, 0.717) is 13.0 Å². The van der Waals surface area contributed by atoms with Gasteiger partial charge >= 0.3 is 5.97 Å². The first-order valence-electron chi connectivity index (χ1n) is 6.42. The Morgan fingerprint density at radius 2 is 2.20 bits per heavy atom. The third-order valence-electron chi connectivity index (χ3n) is 3.61. The molecular weight excluding hydrogens is 338 g/mol. The van der Waals surface area contributed by atoms with Gasteiger partial charge in [0.1, 0.15) is 0 Å². The topological polar surface area (TPSA) is 40.5 Å². The van der Waals surface area contributed by atoms with Crippen LogP contribution in [0.3, 0.4) is 0 Å². The van der Waals surface area contributed by atoms with Crippen LogP contribution in [0, 0.1) is 5.92 Å². The smallest absolute Gasteiger partial charge is 0.308 e. The van der Waals surface area contributed by atoms with Crippen LogP contribution in [-0.2, 0) is 17.8 Å². The quantitative estimate of drug-likeness (QED) is 0.914. The molecule has 0 saturated carbocycles. The fourth-order valence-electron chi connectivity index (χ4n) is 2.61. The van der Waals surface area contributed by atoms with E-state index in [-0.39, 0.29) is 5.92 Å². The van der Waals surface area contributed by atoms with E-state index in [1.165, 1.54) is 4.88 Å². The van der Waals surface area contributed by atoms with Gasteiger partial charge in [0.25, 0.3) is 0 Å². The summed E-state index contributed by atoms with van der Waals surface area (Å²) in [5, 5.41) is 11.4. The van der Waals surface area contributed by atoms with Crippen LogP contribution in [0.4, 0.5) is 5.69 Å². The monoisotopic (exact) mass is 351 g/mol. The average molecular weight is 352 g/mol. The lowest BCUT2D eigenvalue weighted by Gasteiger charge is -2.34. The molecule has 5 heteroatoms. The van der Waals surface area contributed by atoms with Crippen molar-refractivity contribution >= 4 is 38.9 Å².